The van der Waals surface area contributed by atoms with Crippen LogP contribution in [0.1, 0.15) is 18.9 Å². The Kier molecular flexibility index (Phi) is 4.13. The zero-order chi connectivity index (χ0) is 17.0. The van der Waals surface area contributed by atoms with Gasteiger partial charge in [0.25, 0.3) is 0 Å². The maximum Gasteiger partial charge on any atom is 0.206 e. The molecule has 0 spiro atoms. The van der Waals surface area contributed by atoms with Crippen molar-refractivity contribution < 1.29 is 15.3 Å². The summed E-state index contributed by atoms with van der Waals surface area (Å²) in [7, 11) is 0. The zero-order valence-corrected chi connectivity index (χ0v) is 14.5. The van der Waals surface area contributed by atoms with Crippen molar-refractivity contribution in [1.82, 2.24) is 9.55 Å². The molecular formula is C16H19Cl2N3O3. The Morgan fingerprint density at radius 1 is 1.12 bits per heavy atom. The van der Waals surface area contributed by atoms with Gasteiger partial charge < -0.3 is 24.8 Å². The minimum atomic E-state index is -0.964. The first-order chi connectivity index (χ1) is 11.5. The topological polar surface area (TPSA) is 81.8 Å². The molecule has 130 valence electrons. The molecule has 0 unspecified atom stereocenters. The SMILES string of the molecule is OC[C@@H]1C[C@H](n2c(N3CCC3)nc3cc(Cl)c(Cl)cc32)[C@@H](O)[C@@H]1O. The molecule has 0 radical (unpaired) electrons. The third-order valence-electron chi connectivity index (χ3n) is 5.19. The quantitative estimate of drug-likeness (QED) is 0.766. The Morgan fingerprint density at radius 2 is 1.83 bits per heavy atom. The van der Waals surface area contributed by atoms with Crippen LogP contribution in [0.25, 0.3) is 11.0 Å². The zero-order valence-electron chi connectivity index (χ0n) is 12.9. The van der Waals surface area contributed by atoms with E-state index in [4.69, 9.17) is 23.2 Å². The average Bonchev–Trinajstić information content (AvgIpc) is 2.97. The van der Waals surface area contributed by atoms with Crippen LogP contribution < -0.4 is 4.90 Å². The molecule has 4 rings (SSSR count). The number of halogens is 2. The van der Waals surface area contributed by atoms with Crippen LogP contribution in [-0.4, -0.2) is 56.8 Å². The van der Waals surface area contributed by atoms with E-state index < -0.39 is 12.2 Å². The van der Waals surface area contributed by atoms with Crippen LogP contribution in [0.15, 0.2) is 12.1 Å². The Morgan fingerprint density at radius 3 is 2.42 bits per heavy atom. The molecule has 6 nitrogen and oxygen atoms in total. The van der Waals surface area contributed by atoms with Crippen LogP contribution in [0.4, 0.5) is 5.95 Å². The number of hydrogen-bond acceptors (Lipinski definition) is 5. The van der Waals surface area contributed by atoms with E-state index in [0.29, 0.717) is 22.0 Å². The molecule has 1 aromatic carbocycles. The van der Waals surface area contributed by atoms with Crippen molar-refractivity contribution in [3.05, 3.63) is 22.2 Å². The van der Waals surface area contributed by atoms with Crippen molar-refractivity contribution in [1.29, 1.82) is 0 Å². The molecular weight excluding hydrogens is 353 g/mol. The van der Waals surface area contributed by atoms with Gasteiger partial charge in [-0.1, -0.05) is 23.2 Å². The number of imidazole rings is 1. The van der Waals surface area contributed by atoms with Crippen molar-refractivity contribution in [2.75, 3.05) is 24.6 Å². The second-order valence-corrected chi connectivity index (χ2v) is 7.42. The van der Waals surface area contributed by atoms with E-state index >= 15 is 0 Å². The summed E-state index contributed by atoms with van der Waals surface area (Å²) in [5.41, 5.74) is 1.49. The number of fused-ring (bicyclic) bond motifs is 1. The Bertz CT molecular complexity index is 778. The lowest BCUT2D eigenvalue weighted by atomic mass is 10.1. The largest absolute Gasteiger partial charge is 0.396 e. The van der Waals surface area contributed by atoms with Crippen molar-refractivity contribution in [3.8, 4) is 0 Å². The summed E-state index contributed by atoms with van der Waals surface area (Å²) in [5, 5.41) is 31.0. The molecule has 1 aliphatic heterocycles. The number of nitrogens with zero attached hydrogens (tertiary/aromatic N) is 3. The summed E-state index contributed by atoms with van der Waals surface area (Å²) in [6, 6.07) is 3.11. The number of benzene rings is 1. The monoisotopic (exact) mass is 371 g/mol. The van der Waals surface area contributed by atoms with Crippen molar-refractivity contribution >= 4 is 40.2 Å². The predicted molar refractivity (Wildman–Crippen MR) is 92.8 cm³/mol. The second-order valence-electron chi connectivity index (χ2n) is 6.60. The molecule has 2 fully saturated rings. The summed E-state index contributed by atoms with van der Waals surface area (Å²) in [4.78, 5) is 6.81. The first kappa shape index (κ1) is 16.4. The van der Waals surface area contributed by atoms with Gasteiger partial charge in [-0.25, -0.2) is 4.98 Å². The lowest BCUT2D eigenvalue weighted by Crippen LogP contribution is -2.40. The molecule has 1 aromatic heterocycles. The summed E-state index contributed by atoms with van der Waals surface area (Å²) in [5.74, 6) is 0.402. The summed E-state index contributed by atoms with van der Waals surface area (Å²) in [6.07, 6.45) is -0.343. The maximum atomic E-state index is 10.5. The highest BCUT2D eigenvalue weighted by molar-refractivity contribution is 6.42. The average molecular weight is 372 g/mol. The third-order valence-corrected chi connectivity index (χ3v) is 5.91. The molecule has 24 heavy (non-hydrogen) atoms. The molecule has 1 saturated carbocycles. The minimum absolute atomic E-state index is 0.160. The van der Waals surface area contributed by atoms with E-state index in [0.717, 1.165) is 31.0 Å². The fraction of sp³-hybridized carbons (Fsp3) is 0.562. The lowest BCUT2D eigenvalue weighted by molar-refractivity contribution is -0.00354. The maximum absolute atomic E-state index is 10.5. The molecule has 2 heterocycles. The van der Waals surface area contributed by atoms with Gasteiger partial charge in [0.2, 0.25) is 5.95 Å². The van der Waals surface area contributed by atoms with Gasteiger partial charge in [-0.05, 0) is 25.0 Å². The number of aliphatic hydroxyl groups is 3. The molecule has 0 bridgehead atoms. The van der Waals surface area contributed by atoms with E-state index in [1.165, 1.54) is 0 Å². The highest BCUT2D eigenvalue weighted by Crippen LogP contribution is 2.41. The highest BCUT2D eigenvalue weighted by Gasteiger charge is 2.44. The first-order valence-corrected chi connectivity index (χ1v) is 8.85. The Labute approximate surface area is 149 Å². The predicted octanol–water partition coefficient (Wildman–Crippen LogP) is 1.83. The highest BCUT2D eigenvalue weighted by atomic mass is 35.5. The van der Waals surface area contributed by atoms with Crippen LogP contribution in [-0.2, 0) is 0 Å². The fourth-order valence-corrected chi connectivity index (χ4v) is 4.00. The van der Waals surface area contributed by atoms with Gasteiger partial charge >= 0.3 is 0 Å². The van der Waals surface area contributed by atoms with Crippen LogP contribution in [0.3, 0.4) is 0 Å². The fourth-order valence-electron chi connectivity index (χ4n) is 3.68. The number of rotatable bonds is 3. The minimum Gasteiger partial charge on any atom is -0.396 e. The normalized spacial score (nSPS) is 30.1. The molecule has 3 N–H and O–H groups in total. The van der Waals surface area contributed by atoms with Crippen LogP contribution in [0, 0.1) is 5.92 Å². The van der Waals surface area contributed by atoms with Gasteiger partial charge in [-0.2, -0.15) is 0 Å². The number of aliphatic hydroxyl groups excluding tert-OH is 3. The molecule has 2 aromatic rings. The van der Waals surface area contributed by atoms with E-state index in [1.54, 1.807) is 12.1 Å². The summed E-state index contributed by atoms with van der Waals surface area (Å²) in [6.45, 7) is 1.64. The van der Waals surface area contributed by atoms with E-state index in [-0.39, 0.29) is 18.6 Å². The third kappa shape index (κ3) is 2.40. The van der Waals surface area contributed by atoms with Gasteiger partial charge in [0.15, 0.2) is 0 Å². The van der Waals surface area contributed by atoms with Crippen molar-refractivity contribution in [2.45, 2.75) is 31.1 Å². The molecule has 8 heteroatoms. The van der Waals surface area contributed by atoms with Crippen LogP contribution in [0.2, 0.25) is 10.0 Å². The summed E-state index contributed by atoms with van der Waals surface area (Å²) < 4.78 is 1.94. The molecule has 1 aliphatic carbocycles. The number of aromatic nitrogens is 2. The van der Waals surface area contributed by atoms with E-state index in [1.807, 2.05) is 4.57 Å². The summed E-state index contributed by atoms with van der Waals surface area (Å²) >= 11 is 12.3. The van der Waals surface area contributed by atoms with Gasteiger partial charge in [-0.3, -0.25) is 0 Å². The smallest absolute Gasteiger partial charge is 0.206 e. The van der Waals surface area contributed by atoms with Gasteiger partial charge in [-0.15, -0.1) is 0 Å². The number of anilines is 1. The number of hydrogen-bond donors (Lipinski definition) is 3. The first-order valence-electron chi connectivity index (χ1n) is 8.10. The van der Waals surface area contributed by atoms with Crippen molar-refractivity contribution in [3.63, 3.8) is 0 Å². The molecule has 2 aliphatic rings. The van der Waals surface area contributed by atoms with Gasteiger partial charge in [0.05, 0.1) is 33.2 Å². The molecule has 0 amide bonds. The van der Waals surface area contributed by atoms with E-state index in [2.05, 4.69) is 9.88 Å². The lowest BCUT2D eigenvalue weighted by Gasteiger charge is -2.34. The van der Waals surface area contributed by atoms with Crippen LogP contribution in [0.5, 0.6) is 0 Å². The van der Waals surface area contributed by atoms with Crippen molar-refractivity contribution in [2.24, 2.45) is 5.92 Å². The Balaban J connectivity index is 1.87. The molecule has 4 atom stereocenters. The molecule has 1 saturated heterocycles. The van der Waals surface area contributed by atoms with Gasteiger partial charge in [0, 0.05) is 25.6 Å². The van der Waals surface area contributed by atoms with E-state index in [9.17, 15) is 15.3 Å². The van der Waals surface area contributed by atoms with Crippen LogP contribution >= 0.6 is 23.2 Å². The second kappa shape index (κ2) is 6.04. The Hall–Kier alpha value is -1.05. The van der Waals surface area contributed by atoms with Gasteiger partial charge in [0.1, 0.15) is 6.10 Å². The standard InChI is InChI=1S/C16H19Cl2N3O3/c17-9-5-11-12(6-10(9)18)21(16(19-11)20-2-1-3-20)13-4-8(7-22)14(23)15(13)24/h5-6,8,13-15,22-24H,1-4,7H2/t8-,13-,14+,15+/m0/s1.